The van der Waals surface area contributed by atoms with Gasteiger partial charge in [-0.05, 0) is 24.3 Å². The molecule has 0 N–H and O–H groups in total. The number of nitrogens with zero attached hydrogens (tertiary/aromatic N) is 2. The van der Waals surface area contributed by atoms with Crippen LogP contribution >= 0.6 is 12.4 Å². The van der Waals surface area contributed by atoms with Gasteiger partial charge in [-0.25, -0.2) is 0 Å². The van der Waals surface area contributed by atoms with Crippen LogP contribution in [0, 0.1) is 0 Å². The van der Waals surface area contributed by atoms with Crippen LogP contribution in [0.2, 0.25) is 0 Å². The summed E-state index contributed by atoms with van der Waals surface area (Å²) in [7, 11) is 0. The smallest absolute Gasteiger partial charge is 0.0886 e. The van der Waals surface area contributed by atoms with Gasteiger partial charge in [-0.15, -0.1) is 12.4 Å². The SMILES string of the molecule is Cl.[Ge].c1ccc(-c2ccccn2)nc1. The molecule has 0 spiro atoms. The van der Waals surface area contributed by atoms with E-state index in [0.717, 1.165) is 11.4 Å². The summed E-state index contributed by atoms with van der Waals surface area (Å²) in [5.74, 6) is 0. The van der Waals surface area contributed by atoms with Gasteiger partial charge in [0.15, 0.2) is 0 Å². The Morgan fingerprint density at radius 3 is 1.43 bits per heavy atom. The molecule has 2 rings (SSSR count). The van der Waals surface area contributed by atoms with Crippen molar-refractivity contribution in [2.45, 2.75) is 0 Å². The van der Waals surface area contributed by atoms with Crippen LogP contribution in [0.15, 0.2) is 48.8 Å². The average molecular weight is 265 g/mol. The summed E-state index contributed by atoms with van der Waals surface area (Å²) >= 11 is 0. The molecule has 4 heteroatoms. The average Bonchev–Trinajstić information content (AvgIpc) is 2.21. The molecule has 2 aromatic heterocycles. The number of hydrogen-bond donors (Lipinski definition) is 0. The summed E-state index contributed by atoms with van der Waals surface area (Å²) < 4.78 is 0. The van der Waals surface area contributed by atoms with E-state index in [1.807, 2.05) is 36.4 Å². The molecule has 0 saturated carbocycles. The molecule has 0 bridgehead atoms. The Balaban J connectivity index is 0.000000845. The topological polar surface area (TPSA) is 25.8 Å². The zero-order valence-corrected chi connectivity index (χ0v) is 10.3. The van der Waals surface area contributed by atoms with Gasteiger partial charge in [-0.3, -0.25) is 9.97 Å². The van der Waals surface area contributed by atoms with Crippen LogP contribution in [-0.4, -0.2) is 27.6 Å². The maximum atomic E-state index is 4.19. The number of aromatic nitrogens is 2. The summed E-state index contributed by atoms with van der Waals surface area (Å²) in [6.45, 7) is 0. The Labute approximate surface area is 100 Å². The van der Waals surface area contributed by atoms with Gasteiger partial charge in [-0.2, -0.15) is 0 Å². The molecule has 2 aromatic rings. The van der Waals surface area contributed by atoms with E-state index in [2.05, 4.69) is 9.97 Å². The normalized spacial score (nSPS) is 8.29. The summed E-state index contributed by atoms with van der Waals surface area (Å²) in [5.41, 5.74) is 1.83. The van der Waals surface area contributed by atoms with Gasteiger partial charge < -0.3 is 0 Å². The molecule has 2 heterocycles. The van der Waals surface area contributed by atoms with Crippen molar-refractivity contribution in [3.8, 4) is 11.4 Å². The van der Waals surface area contributed by atoms with E-state index in [-0.39, 0.29) is 30.0 Å². The molecule has 0 saturated heterocycles. The van der Waals surface area contributed by atoms with Gasteiger partial charge in [0.2, 0.25) is 0 Å². The van der Waals surface area contributed by atoms with Crippen molar-refractivity contribution in [1.29, 1.82) is 0 Å². The van der Waals surface area contributed by atoms with Crippen LogP contribution < -0.4 is 0 Å². The van der Waals surface area contributed by atoms with E-state index in [9.17, 15) is 0 Å². The second-order valence-electron chi connectivity index (χ2n) is 2.43. The molecule has 0 aliphatic rings. The van der Waals surface area contributed by atoms with E-state index in [0.29, 0.717) is 0 Å². The summed E-state index contributed by atoms with van der Waals surface area (Å²) in [6.07, 6.45) is 3.54. The second-order valence-corrected chi connectivity index (χ2v) is 2.43. The predicted octanol–water partition coefficient (Wildman–Crippen LogP) is 2.18. The predicted molar refractivity (Wildman–Crippen MR) is 60.5 cm³/mol. The molecule has 0 amide bonds. The van der Waals surface area contributed by atoms with Crippen molar-refractivity contribution >= 4 is 30.0 Å². The number of pyridine rings is 2. The molecule has 0 unspecified atom stereocenters. The maximum absolute atomic E-state index is 4.19. The Morgan fingerprint density at radius 1 is 0.714 bits per heavy atom. The molecule has 2 nitrogen and oxygen atoms in total. The minimum Gasteiger partial charge on any atom is -0.255 e. The molecule has 14 heavy (non-hydrogen) atoms. The molecule has 0 aliphatic heterocycles. The van der Waals surface area contributed by atoms with Crippen molar-refractivity contribution in [1.82, 2.24) is 9.97 Å². The summed E-state index contributed by atoms with van der Waals surface area (Å²) in [4.78, 5) is 8.37. The molecule has 4 radical (unpaired) electrons. The fraction of sp³-hybridized carbons (Fsp3) is 0. The fourth-order valence-electron chi connectivity index (χ4n) is 1.03. The van der Waals surface area contributed by atoms with Gasteiger partial charge in [0, 0.05) is 30.0 Å². The molecular weight excluding hydrogens is 256 g/mol. The molecule has 0 fully saturated rings. The van der Waals surface area contributed by atoms with E-state index in [1.165, 1.54) is 0 Å². The number of halogens is 1. The first-order chi connectivity index (χ1) is 5.97. The largest absolute Gasteiger partial charge is 0.255 e. The van der Waals surface area contributed by atoms with Gasteiger partial charge in [-0.1, -0.05) is 12.1 Å². The molecular formula is C10H9ClGeN2. The Hall–Kier alpha value is -0.867. The van der Waals surface area contributed by atoms with Crippen molar-refractivity contribution < 1.29 is 0 Å². The zero-order chi connectivity index (χ0) is 8.23. The third-order valence-electron chi connectivity index (χ3n) is 1.59. The van der Waals surface area contributed by atoms with Gasteiger partial charge in [0.1, 0.15) is 0 Å². The summed E-state index contributed by atoms with van der Waals surface area (Å²) in [6, 6.07) is 11.6. The van der Waals surface area contributed by atoms with Crippen molar-refractivity contribution in [2.24, 2.45) is 0 Å². The van der Waals surface area contributed by atoms with E-state index >= 15 is 0 Å². The van der Waals surface area contributed by atoms with E-state index < -0.39 is 0 Å². The number of rotatable bonds is 1. The monoisotopic (exact) mass is 266 g/mol. The van der Waals surface area contributed by atoms with Gasteiger partial charge in [0.25, 0.3) is 0 Å². The summed E-state index contributed by atoms with van der Waals surface area (Å²) in [5, 5.41) is 0. The van der Waals surface area contributed by atoms with E-state index in [4.69, 9.17) is 0 Å². The van der Waals surface area contributed by atoms with E-state index in [1.54, 1.807) is 12.4 Å². The standard InChI is InChI=1S/C10H8N2.ClH.Ge/c1-3-7-11-9(5-1)10-6-2-4-8-12-10;;/h1-8H;1H;. The maximum Gasteiger partial charge on any atom is 0.0886 e. The van der Waals surface area contributed by atoms with Crippen LogP contribution in [0.3, 0.4) is 0 Å². The van der Waals surface area contributed by atoms with Crippen LogP contribution in [0.1, 0.15) is 0 Å². The van der Waals surface area contributed by atoms with Crippen molar-refractivity contribution in [2.75, 3.05) is 0 Å². The third kappa shape index (κ3) is 3.12. The first-order valence-corrected chi connectivity index (χ1v) is 3.79. The minimum atomic E-state index is 0. The van der Waals surface area contributed by atoms with Gasteiger partial charge >= 0.3 is 0 Å². The first-order valence-electron chi connectivity index (χ1n) is 3.79. The quantitative estimate of drug-likeness (QED) is 0.739. The Kier molecular flexibility index (Phi) is 6.16. The Morgan fingerprint density at radius 2 is 1.14 bits per heavy atom. The van der Waals surface area contributed by atoms with Crippen LogP contribution in [-0.2, 0) is 0 Å². The van der Waals surface area contributed by atoms with Crippen LogP contribution in [0.5, 0.6) is 0 Å². The minimum absolute atomic E-state index is 0. The molecule has 70 valence electrons. The molecule has 0 aromatic carbocycles. The first kappa shape index (κ1) is 13.1. The van der Waals surface area contributed by atoms with Crippen LogP contribution in [0.25, 0.3) is 11.4 Å². The Bertz CT molecular complexity index is 316. The van der Waals surface area contributed by atoms with Crippen LogP contribution in [0.4, 0.5) is 0 Å². The third-order valence-corrected chi connectivity index (χ3v) is 1.59. The van der Waals surface area contributed by atoms with Crippen molar-refractivity contribution in [3.63, 3.8) is 0 Å². The van der Waals surface area contributed by atoms with Crippen molar-refractivity contribution in [3.05, 3.63) is 48.8 Å². The number of hydrogen-bond acceptors (Lipinski definition) is 2. The fourth-order valence-corrected chi connectivity index (χ4v) is 1.03. The molecule has 0 atom stereocenters. The zero-order valence-electron chi connectivity index (χ0n) is 7.42. The second kappa shape index (κ2) is 6.57. The van der Waals surface area contributed by atoms with Gasteiger partial charge in [0.05, 0.1) is 11.4 Å². The molecule has 0 aliphatic carbocycles.